The van der Waals surface area contributed by atoms with E-state index in [1.807, 2.05) is 40.8 Å². The molecule has 2 aromatic carbocycles. The van der Waals surface area contributed by atoms with Gasteiger partial charge in [-0.1, -0.05) is 23.4 Å². The van der Waals surface area contributed by atoms with Gasteiger partial charge in [0.1, 0.15) is 11.1 Å². The Hall–Kier alpha value is -2.73. The van der Waals surface area contributed by atoms with Crippen LogP contribution < -0.4 is 0 Å². The molecule has 0 unspecified atom stereocenters. The number of hydrogen-bond acceptors (Lipinski definition) is 5. The number of aromatic nitrogens is 3. The fourth-order valence-electron chi connectivity index (χ4n) is 4.75. The zero-order chi connectivity index (χ0) is 22.3. The van der Waals surface area contributed by atoms with E-state index in [0.717, 1.165) is 52.5 Å². The smallest absolute Gasteiger partial charge is 0.307 e. The van der Waals surface area contributed by atoms with Gasteiger partial charge in [0, 0.05) is 13.0 Å². The highest BCUT2D eigenvalue weighted by molar-refractivity contribution is 5.80. The molecule has 0 saturated heterocycles. The van der Waals surface area contributed by atoms with Gasteiger partial charge in [-0.05, 0) is 86.4 Å². The van der Waals surface area contributed by atoms with Crippen LogP contribution in [0.1, 0.15) is 72.9 Å². The number of fused-ring (bicyclic) bond motifs is 2. The Balaban J connectivity index is 1.83. The largest absolute Gasteiger partial charge is 0.460 e. The van der Waals surface area contributed by atoms with E-state index in [9.17, 15) is 9.90 Å². The van der Waals surface area contributed by atoms with E-state index in [-0.39, 0.29) is 24.9 Å². The Morgan fingerprint density at radius 2 is 2.03 bits per heavy atom. The van der Waals surface area contributed by atoms with Crippen LogP contribution in [0, 0.1) is 6.92 Å². The van der Waals surface area contributed by atoms with Crippen LogP contribution in [0.4, 0.5) is 0 Å². The molecule has 0 amide bonds. The van der Waals surface area contributed by atoms with Crippen molar-refractivity contribution < 1.29 is 14.6 Å². The number of hydrogen-bond donors (Lipinski definition) is 1. The van der Waals surface area contributed by atoms with Crippen molar-refractivity contribution in [1.82, 2.24) is 15.0 Å². The molecule has 6 nitrogen and oxygen atoms in total. The van der Waals surface area contributed by atoms with Crippen molar-refractivity contribution in [1.29, 1.82) is 0 Å². The lowest BCUT2D eigenvalue weighted by Gasteiger charge is -2.25. The number of esters is 1. The summed E-state index contributed by atoms with van der Waals surface area (Å²) in [5.41, 5.74) is 7.89. The predicted octanol–water partition coefficient (Wildman–Crippen LogP) is 4.12. The summed E-state index contributed by atoms with van der Waals surface area (Å²) in [5, 5.41) is 18.5. The number of ether oxygens (including phenoxy) is 1. The molecule has 1 aromatic heterocycles. The van der Waals surface area contributed by atoms with Gasteiger partial charge in [0.05, 0.1) is 18.5 Å². The molecule has 6 heteroatoms. The third kappa shape index (κ3) is 4.22. The van der Waals surface area contributed by atoms with Crippen molar-refractivity contribution in [2.75, 3.05) is 0 Å². The number of aliphatic hydroxyl groups is 1. The maximum atomic E-state index is 12.9. The lowest BCUT2D eigenvalue weighted by Crippen LogP contribution is -2.25. The number of carbonyl (C=O) groups excluding carboxylic acids is 1. The second-order valence-electron chi connectivity index (χ2n) is 9.53. The molecule has 1 aliphatic rings. The van der Waals surface area contributed by atoms with E-state index in [1.54, 1.807) is 4.68 Å². The molecule has 0 fully saturated rings. The monoisotopic (exact) mass is 421 g/mol. The van der Waals surface area contributed by atoms with E-state index in [1.165, 1.54) is 11.1 Å². The van der Waals surface area contributed by atoms with Crippen LogP contribution in [0.25, 0.3) is 11.0 Å². The van der Waals surface area contributed by atoms with Gasteiger partial charge in [0.25, 0.3) is 0 Å². The van der Waals surface area contributed by atoms with Gasteiger partial charge in [-0.2, -0.15) is 0 Å². The van der Waals surface area contributed by atoms with Gasteiger partial charge in [-0.25, -0.2) is 4.68 Å². The molecule has 3 aromatic rings. The van der Waals surface area contributed by atoms with Gasteiger partial charge >= 0.3 is 5.97 Å². The highest BCUT2D eigenvalue weighted by Gasteiger charge is 2.27. The molecule has 164 valence electrons. The topological polar surface area (TPSA) is 77.2 Å². The van der Waals surface area contributed by atoms with Crippen molar-refractivity contribution in [3.63, 3.8) is 0 Å². The minimum atomic E-state index is -0.542. The summed E-state index contributed by atoms with van der Waals surface area (Å²) < 4.78 is 7.43. The molecule has 31 heavy (non-hydrogen) atoms. The van der Waals surface area contributed by atoms with E-state index in [2.05, 4.69) is 28.5 Å². The maximum absolute atomic E-state index is 12.9. The molecule has 0 bridgehead atoms. The quantitative estimate of drug-likeness (QED) is 0.627. The molecule has 0 aliphatic heterocycles. The Morgan fingerprint density at radius 3 is 2.74 bits per heavy atom. The summed E-state index contributed by atoms with van der Waals surface area (Å²) in [7, 11) is 1.88. The number of nitrogens with zero attached hydrogens (tertiary/aromatic N) is 3. The second kappa shape index (κ2) is 8.08. The van der Waals surface area contributed by atoms with E-state index in [4.69, 9.17) is 4.74 Å². The summed E-state index contributed by atoms with van der Waals surface area (Å²) in [6.45, 7) is 7.70. The minimum Gasteiger partial charge on any atom is -0.460 e. The fraction of sp³-hybridized carbons (Fsp3) is 0.480. The molecule has 1 heterocycles. The lowest BCUT2D eigenvalue weighted by molar-refractivity contribution is -0.155. The van der Waals surface area contributed by atoms with Gasteiger partial charge in [0.15, 0.2) is 0 Å². The highest BCUT2D eigenvalue weighted by atomic mass is 16.6. The third-order valence-electron chi connectivity index (χ3n) is 6.15. The summed E-state index contributed by atoms with van der Waals surface area (Å²) in [4.78, 5) is 12.9. The van der Waals surface area contributed by atoms with Crippen molar-refractivity contribution in [3.05, 3.63) is 57.6 Å². The second-order valence-corrected chi connectivity index (χ2v) is 9.53. The van der Waals surface area contributed by atoms with Crippen LogP contribution in [-0.2, 0) is 36.0 Å². The summed E-state index contributed by atoms with van der Waals surface area (Å²) in [6, 6.07) is 8.37. The molecule has 1 atom stereocenters. The maximum Gasteiger partial charge on any atom is 0.307 e. The van der Waals surface area contributed by atoms with Crippen LogP contribution in [0.2, 0.25) is 0 Å². The van der Waals surface area contributed by atoms with Crippen molar-refractivity contribution >= 4 is 17.0 Å². The number of rotatable bonds is 5. The first-order valence-electron chi connectivity index (χ1n) is 10.9. The van der Waals surface area contributed by atoms with Gasteiger partial charge < -0.3 is 9.84 Å². The molecule has 4 rings (SSSR count). The van der Waals surface area contributed by atoms with Crippen LogP contribution in [-0.4, -0.2) is 31.7 Å². The SMILES string of the molecule is Cc1c([C@H](CC(=O)OC(C)(C)C)c2cc(CO)c3c(c2)CCC3)ccc2c1nnn2C. The molecular weight excluding hydrogens is 390 g/mol. The average molecular weight is 422 g/mol. The first-order valence-corrected chi connectivity index (χ1v) is 10.9. The summed E-state index contributed by atoms with van der Waals surface area (Å²) >= 11 is 0. The Labute approximate surface area is 183 Å². The summed E-state index contributed by atoms with van der Waals surface area (Å²) in [5.74, 6) is -0.417. The first-order chi connectivity index (χ1) is 14.7. The van der Waals surface area contributed by atoms with E-state index >= 15 is 0 Å². The minimum absolute atomic E-state index is 0.0114. The highest BCUT2D eigenvalue weighted by Crippen LogP contribution is 2.37. The number of benzene rings is 2. The Morgan fingerprint density at radius 1 is 1.26 bits per heavy atom. The van der Waals surface area contributed by atoms with E-state index in [0.29, 0.717) is 0 Å². The number of carbonyl (C=O) groups is 1. The molecule has 0 radical (unpaired) electrons. The zero-order valence-corrected chi connectivity index (χ0v) is 19.0. The molecule has 1 aliphatic carbocycles. The lowest BCUT2D eigenvalue weighted by atomic mass is 9.83. The average Bonchev–Trinajstić information content (AvgIpc) is 3.32. The van der Waals surface area contributed by atoms with Crippen LogP contribution in [0.3, 0.4) is 0 Å². The Bertz CT molecular complexity index is 1140. The normalized spacial score (nSPS) is 14.6. The molecular formula is C25H31N3O3. The molecule has 0 spiro atoms. The van der Waals surface area contributed by atoms with E-state index < -0.39 is 5.60 Å². The Kier molecular flexibility index (Phi) is 5.60. The van der Waals surface area contributed by atoms with Crippen molar-refractivity contribution in [2.24, 2.45) is 7.05 Å². The standard InChI is InChI=1S/C25H31N3O3/c1-15-19(9-10-22-24(15)26-27-28(22)5)21(13-23(30)31-25(2,3)4)17-11-16-7-6-8-20(16)18(12-17)14-29/h9-12,21,29H,6-8,13-14H2,1-5H3/t21-/m1/s1. The number of aliphatic hydroxyl groups excluding tert-OH is 1. The van der Waals surface area contributed by atoms with Crippen LogP contribution >= 0.6 is 0 Å². The van der Waals surface area contributed by atoms with Crippen LogP contribution in [0.15, 0.2) is 24.3 Å². The fourth-order valence-corrected chi connectivity index (χ4v) is 4.75. The van der Waals surface area contributed by atoms with Crippen LogP contribution in [0.5, 0.6) is 0 Å². The number of aryl methyl sites for hydroxylation is 3. The zero-order valence-electron chi connectivity index (χ0n) is 19.0. The van der Waals surface area contributed by atoms with Gasteiger partial charge in [-0.15, -0.1) is 5.10 Å². The van der Waals surface area contributed by atoms with Gasteiger partial charge in [-0.3, -0.25) is 4.79 Å². The van der Waals surface area contributed by atoms with Crippen molar-refractivity contribution in [2.45, 2.75) is 71.5 Å². The molecule has 0 saturated carbocycles. The first kappa shape index (κ1) is 21.5. The molecule has 1 N–H and O–H groups in total. The third-order valence-corrected chi connectivity index (χ3v) is 6.15. The predicted molar refractivity (Wildman–Crippen MR) is 120 cm³/mol. The summed E-state index contributed by atoms with van der Waals surface area (Å²) in [6.07, 6.45) is 3.35. The van der Waals surface area contributed by atoms with Crippen molar-refractivity contribution in [3.8, 4) is 0 Å². The van der Waals surface area contributed by atoms with Gasteiger partial charge in [0.2, 0.25) is 0 Å².